The third kappa shape index (κ3) is 5.17. The van der Waals surface area contributed by atoms with Gasteiger partial charge in [-0.15, -0.1) is 11.3 Å². The molecule has 1 saturated heterocycles. The lowest BCUT2D eigenvalue weighted by Gasteiger charge is -2.26. The zero-order valence-corrected chi connectivity index (χ0v) is 18.7. The molecule has 0 saturated carbocycles. The van der Waals surface area contributed by atoms with Crippen molar-refractivity contribution in [1.29, 1.82) is 0 Å². The predicted octanol–water partition coefficient (Wildman–Crippen LogP) is 2.46. The number of morpholine rings is 1. The van der Waals surface area contributed by atoms with Crippen molar-refractivity contribution >= 4 is 22.2 Å². The van der Waals surface area contributed by atoms with Gasteiger partial charge >= 0.3 is 0 Å². The molecule has 3 heterocycles. The normalized spacial score (nSPS) is 14.6. The van der Waals surface area contributed by atoms with Gasteiger partial charge in [-0.2, -0.15) is 0 Å². The highest BCUT2D eigenvalue weighted by Crippen LogP contribution is 2.34. The first-order valence-electron chi connectivity index (χ1n) is 10.4. The number of nitrogens with one attached hydrogen (secondary N) is 1. The summed E-state index contributed by atoms with van der Waals surface area (Å²) in [5, 5.41) is 5.02. The summed E-state index contributed by atoms with van der Waals surface area (Å²) in [5.41, 5.74) is 2.57. The minimum Gasteiger partial charge on any atom is -0.497 e. The van der Waals surface area contributed by atoms with Crippen LogP contribution in [0.4, 0.5) is 0 Å². The van der Waals surface area contributed by atoms with Crippen LogP contribution in [0, 0.1) is 0 Å². The molecule has 0 aliphatic carbocycles. The second-order valence-electron chi connectivity index (χ2n) is 7.41. The largest absolute Gasteiger partial charge is 0.497 e. The van der Waals surface area contributed by atoms with Gasteiger partial charge in [0.05, 0.1) is 39.5 Å². The number of carbonyl (C=O) groups excluding carboxylic acids is 1. The molecule has 1 amide bonds. The summed E-state index contributed by atoms with van der Waals surface area (Å²) in [6.45, 7) is 5.22. The summed E-state index contributed by atoms with van der Waals surface area (Å²) in [5.74, 6) is 1.49. The molecule has 1 aliphatic heterocycles. The number of carbonyl (C=O) groups is 1. The van der Waals surface area contributed by atoms with Gasteiger partial charge in [-0.1, -0.05) is 0 Å². The molecule has 0 atom stereocenters. The Hall–Kier alpha value is -2.62. The molecule has 31 heavy (non-hydrogen) atoms. The van der Waals surface area contributed by atoms with Gasteiger partial charge < -0.3 is 19.5 Å². The first-order chi connectivity index (χ1) is 15.2. The number of aromatic nitrogens is 2. The Morgan fingerprint density at radius 1 is 1.26 bits per heavy atom. The average molecular weight is 445 g/mol. The fourth-order valence-corrected chi connectivity index (χ4v) is 4.56. The molecule has 1 aliphatic rings. The molecule has 2 aromatic heterocycles. The van der Waals surface area contributed by atoms with Crippen molar-refractivity contribution in [2.45, 2.75) is 12.8 Å². The van der Waals surface area contributed by atoms with Gasteiger partial charge in [-0.3, -0.25) is 14.1 Å². The quantitative estimate of drug-likeness (QED) is 0.511. The molecule has 9 heteroatoms. The Bertz CT molecular complexity index is 1030. The Labute approximate surface area is 185 Å². The number of benzene rings is 1. The van der Waals surface area contributed by atoms with Crippen molar-refractivity contribution in [2.24, 2.45) is 0 Å². The molecular formula is C22H28N4O4S. The Morgan fingerprint density at radius 2 is 2.10 bits per heavy atom. The predicted molar refractivity (Wildman–Crippen MR) is 120 cm³/mol. The highest BCUT2D eigenvalue weighted by atomic mass is 32.1. The lowest BCUT2D eigenvalue weighted by atomic mass is 10.1. The topological polar surface area (TPSA) is 77.3 Å². The first kappa shape index (κ1) is 21.6. The van der Waals surface area contributed by atoms with Crippen LogP contribution >= 0.6 is 11.3 Å². The fourth-order valence-electron chi connectivity index (χ4n) is 3.68. The molecule has 4 rings (SSSR count). The molecule has 1 aromatic carbocycles. The molecule has 0 bridgehead atoms. The van der Waals surface area contributed by atoms with Crippen molar-refractivity contribution in [1.82, 2.24) is 19.6 Å². The van der Waals surface area contributed by atoms with Crippen molar-refractivity contribution in [3.8, 4) is 22.8 Å². The van der Waals surface area contributed by atoms with Gasteiger partial charge in [0.25, 0.3) is 0 Å². The van der Waals surface area contributed by atoms with Crippen LogP contribution in [-0.4, -0.2) is 73.8 Å². The number of hydrogen-bond acceptors (Lipinski definition) is 7. The molecule has 166 valence electrons. The van der Waals surface area contributed by atoms with Crippen molar-refractivity contribution < 1.29 is 19.0 Å². The summed E-state index contributed by atoms with van der Waals surface area (Å²) < 4.78 is 18.2. The van der Waals surface area contributed by atoms with Crippen LogP contribution in [0.2, 0.25) is 0 Å². The molecule has 0 unspecified atom stereocenters. The van der Waals surface area contributed by atoms with E-state index in [1.807, 2.05) is 34.2 Å². The van der Waals surface area contributed by atoms with Crippen LogP contribution in [0.3, 0.4) is 0 Å². The highest BCUT2D eigenvalue weighted by Gasteiger charge is 2.16. The van der Waals surface area contributed by atoms with Crippen molar-refractivity contribution in [3.05, 3.63) is 35.5 Å². The minimum absolute atomic E-state index is 0.0240. The zero-order valence-electron chi connectivity index (χ0n) is 17.9. The third-order valence-electron chi connectivity index (χ3n) is 5.38. The molecule has 1 fully saturated rings. The maximum atomic E-state index is 12.5. The molecule has 1 N–H and O–H groups in total. The molecule has 0 radical (unpaired) electrons. The second-order valence-corrected chi connectivity index (χ2v) is 8.24. The van der Waals surface area contributed by atoms with E-state index >= 15 is 0 Å². The molecule has 8 nitrogen and oxygen atoms in total. The number of hydrogen-bond donors (Lipinski definition) is 1. The Morgan fingerprint density at radius 3 is 2.87 bits per heavy atom. The van der Waals surface area contributed by atoms with E-state index in [2.05, 4.69) is 10.2 Å². The summed E-state index contributed by atoms with van der Waals surface area (Å²) in [7, 11) is 3.27. The van der Waals surface area contributed by atoms with Crippen LogP contribution < -0.4 is 14.8 Å². The number of amides is 1. The lowest BCUT2D eigenvalue weighted by Crippen LogP contribution is -2.38. The van der Waals surface area contributed by atoms with E-state index in [1.165, 1.54) is 11.3 Å². The van der Waals surface area contributed by atoms with Gasteiger partial charge in [-0.05, 0) is 31.2 Å². The van der Waals surface area contributed by atoms with Crippen LogP contribution in [0.1, 0.15) is 12.1 Å². The van der Waals surface area contributed by atoms with Crippen molar-refractivity contribution in [2.75, 3.05) is 53.6 Å². The van der Waals surface area contributed by atoms with E-state index in [1.54, 1.807) is 14.2 Å². The minimum atomic E-state index is 0.0240. The third-order valence-corrected chi connectivity index (χ3v) is 6.27. The van der Waals surface area contributed by atoms with E-state index in [0.717, 1.165) is 72.7 Å². The number of fused-ring (bicyclic) bond motifs is 1. The van der Waals surface area contributed by atoms with Crippen LogP contribution in [0.5, 0.6) is 11.5 Å². The summed E-state index contributed by atoms with van der Waals surface area (Å²) in [6, 6.07) is 5.63. The highest BCUT2D eigenvalue weighted by molar-refractivity contribution is 7.15. The molecule has 0 spiro atoms. The van der Waals surface area contributed by atoms with Gasteiger partial charge in [0, 0.05) is 42.5 Å². The number of methoxy groups -OCH3 is 2. The smallest absolute Gasteiger partial charge is 0.225 e. The summed E-state index contributed by atoms with van der Waals surface area (Å²) in [6.07, 6.45) is 3.21. The first-order valence-corrected chi connectivity index (χ1v) is 11.3. The van der Waals surface area contributed by atoms with E-state index in [9.17, 15) is 4.79 Å². The van der Waals surface area contributed by atoms with E-state index in [4.69, 9.17) is 19.2 Å². The number of thiazole rings is 1. The monoisotopic (exact) mass is 444 g/mol. The van der Waals surface area contributed by atoms with Crippen LogP contribution in [-0.2, 0) is 16.0 Å². The number of ether oxygens (including phenoxy) is 3. The van der Waals surface area contributed by atoms with Gasteiger partial charge in [0.1, 0.15) is 11.5 Å². The molecular weight excluding hydrogens is 416 g/mol. The summed E-state index contributed by atoms with van der Waals surface area (Å²) >= 11 is 1.52. The van der Waals surface area contributed by atoms with Crippen LogP contribution in [0.15, 0.2) is 29.8 Å². The Balaban J connectivity index is 1.38. The van der Waals surface area contributed by atoms with Gasteiger partial charge in [0.15, 0.2) is 4.96 Å². The standard InChI is InChI=1S/C22H28N4O4S/c1-28-17-4-5-20(29-2)18(13-17)19-14-26-16(15-31-22(26)24-19)12-21(27)23-6-3-7-25-8-10-30-11-9-25/h4-5,13-15H,3,6-12H2,1-2H3,(H,23,27). The average Bonchev–Trinajstić information content (AvgIpc) is 3.39. The maximum absolute atomic E-state index is 12.5. The van der Waals surface area contributed by atoms with Crippen LogP contribution in [0.25, 0.3) is 16.2 Å². The van der Waals surface area contributed by atoms with E-state index < -0.39 is 0 Å². The Kier molecular flexibility index (Phi) is 7.06. The SMILES string of the molecule is COc1ccc(OC)c(-c2cn3c(CC(=O)NCCCN4CCOCC4)csc3n2)c1. The number of nitrogens with zero attached hydrogens (tertiary/aromatic N) is 3. The number of rotatable bonds is 9. The van der Waals surface area contributed by atoms with E-state index in [0.29, 0.717) is 13.0 Å². The lowest BCUT2D eigenvalue weighted by molar-refractivity contribution is -0.120. The summed E-state index contributed by atoms with van der Waals surface area (Å²) in [4.78, 5) is 20.4. The maximum Gasteiger partial charge on any atom is 0.225 e. The van der Waals surface area contributed by atoms with Crippen molar-refractivity contribution in [3.63, 3.8) is 0 Å². The second kappa shape index (κ2) is 10.1. The number of imidazole rings is 1. The molecule has 3 aromatic rings. The van der Waals surface area contributed by atoms with Gasteiger partial charge in [-0.25, -0.2) is 4.98 Å². The fraction of sp³-hybridized carbons (Fsp3) is 0.455. The van der Waals surface area contributed by atoms with Gasteiger partial charge in [0.2, 0.25) is 5.91 Å². The zero-order chi connectivity index (χ0) is 21.6. The van der Waals surface area contributed by atoms with E-state index in [-0.39, 0.29) is 5.91 Å².